The Kier molecular flexibility index (Phi) is 3.82. The molecule has 4 rings (SSSR count). The Hall–Kier alpha value is -0.610. The first-order valence-electron chi connectivity index (χ1n) is 9.95. The highest BCUT2D eigenvalue weighted by molar-refractivity contribution is 5.93. The summed E-state index contributed by atoms with van der Waals surface area (Å²) in [6.07, 6.45) is 7.89. The van der Waals surface area contributed by atoms with Crippen LogP contribution in [0.4, 0.5) is 0 Å². The predicted octanol–water partition coefficient (Wildman–Crippen LogP) is 3.72. The van der Waals surface area contributed by atoms with Gasteiger partial charge in [-0.05, 0) is 81.1 Å². The summed E-state index contributed by atoms with van der Waals surface area (Å²) >= 11 is 0. The second-order valence-corrected chi connectivity index (χ2v) is 9.74. The van der Waals surface area contributed by atoms with Gasteiger partial charge in [-0.1, -0.05) is 25.9 Å². The zero-order valence-electron chi connectivity index (χ0n) is 15.7. The summed E-state index contributed by atoms with van der Waals surface area (Å²) in [5.74, 6) is 2.61. The molecule has 0 radical (unpaired) electrons. The highest BCUT2D eigenvalue weighted by Crippen LogP contribution is 2.64. The maximum absolute atomic E-state index is 10.3. The number of rotatable bonds is 0. The van der Waals surface area contributed by atoms with Crippen LogP contribution < -0.4 is 0 Å². The zero-order chi connectivity index (χ0) is 17.3. The van der Waals surface area contributed by atoms with Gasteiger partial charge >= 0.3 is 0 Å². The average molecular weight is 335 g/mol. The minimum absolute atomic E-state index is 0.110. The number of piperidine rings is 1. The number of nitrogens with zero attached hydrogens (tertiary/aromatic N) is 2. The van der Waals surface area contributed by atoms with Crippen molar-refractivity contribution in [3.8, 4) is 0 Å². The van der Waals surface area contributed by atoms with E-state index in [-0.39, 0.29) is 11.6 Å². The Morgan fingerprint density at radius 3 is 2.54 bits per heavy atom. The molecule has 3 saturated carbocycles. The Balaban J connectivity index is 1.66. The third-order valence-electron chi connectivity index (χ3n) is 8.88. The lowest BCUT2D eigenvalue weighted by atomic mass is 9.47. The van der Waals surface area contributed by atoms with Gasteiger partial charge in [-0.25, -0.2) is 0 Å². The normalized spacial score (nSPS) is 56.6. The fourth-order valence-electron chi connectivity index (χ4n) is 7.65. The summed E-state index contributed by atoms with van der Waals surface area (Å²) in [7, 11) is 2.12. The van der Waals surface area contributed by atoms with Crippen molar-refractivity contribution >= 4 is 5.71 Å². The smallest absolute Gasteiger partial charge is 0.107 e. The van der Waals surface area contributed by atoms with Gasteiger partial charge in [0.2, 0.25) is 0 Å². The van der Waals surface area contributed by atoms with E-state index in [9.17, 15) is 10.3 Å². The molecule has 4 fully saturated rings. The molecule has 0 bridgehead atoms. The fraction of sp³-hybridized carbons (Fsp3) is 0.950. The SMILES string of the molecule is C[C@H]1CC2C3CCC4N(C)C(O)CC[C@]4(C)C3CC[C@]2(C)/C1=N\O. The highest BCUT2D eigenvalue weighted by Gasteiger charge is 2.61. The van der Waals surface area contributed by atoms with Crippen molar-refractivity contribution in [2.45, 2.75) is 78.0 Å². The third kappa shape index (κ3) is 2.02. The van der Waals surface area contributed by atoms with Crippen molar-refractivity contribution in [3.63, 3.8) is 0 Å². The molecule has 0 aromatic rings. The molecule has 2 N–H and O–H groups in total. The minimum Gasteiger partial charge on any atom is -0.411 e. The van der Waals surface area contributed by atoms with Crippen molar-refractivity contribution in [2.24, 2.45) is 39.7 Å². The van der Waals surface area contributed by atoms with E-state index < -0.39 is 0 Å². The summed E-state index contributed by atoms with van der Waals surface area (Å²) in [6.45, 7) is 7.10. The average Bonchev–Trinajstić information content (AvgIpc) is 2.81. The van der Waals surface area contributed by atoms with Crippen LogP contribution in [-0.2, 0) is 0 Å². The van der Waals surface area contributed by atoms with Crippen LogP contribution in [0.15, 0.2) is 5.16 Å². The summed E-state index contributed by atoms with van der Waals surface area (Å²) in [5.41, 5.74) is 1.51. The van der Waals surface area contributed by atoms with Gasteiger partial charge < -0.3 is 10.3 Å². The molecule has 4 heteroatoms. The first kappa shape index (κ1) is 16.8. The van der Waals surface area contributed by atoms with Crippen LogP contribution in [0, 0.1) is 34.5 Å². The van der Waals surface area contributed by atoms with E-state index in [1.54, 1.807) is 0 Å². The van der Waals surface area contributed by atoms with Crippen molar-refractivity contribution in [1.29, 1.82) is 0 Å². The zero-order valence-corrected chi connectivity index (χ0v) is 15.7. The lowest BCUT2D eigenvalue weighted by molar-refractivity contribution is -0.162. The summed E-state index contributed by atoms with van der Waals surface area (Å²) in [6, 6.07) is 0.525. The second kappa shape index (κ2) is 5.44. The van der Waals surface area contributed by atoms with E-state index in [0.29, 0.717) is 23.3 Å². The fourth-order valence-corrected chi connectivity index (χ4v) is 7.65. The van der Waals surface area contributed by atoms with Crippen molar-refractivity contribution in [3.05, 3.63) is 0 Å². The molecule has 0 spiro atoms. The van der Waals surface area contributed by atoms with Gasteiger partial charge in [0, 0.05) is 11.5 Å². The molecule has 0 aromatic heterocycles. The number of aliphatic hydroxyl groups is 1. The molecule has 4 aliphatic rings. The first-order chi connectivity index (χ1) is 11.3. The van der Waals surface area contributed by atoms with Gasteiger partial charge in [-0.2, -0.15) is 0 Å². The highest BCUT2D eigenvalue weighted by atomic mass is 16.4. The molecule has 5 unspecified atom stereocenters. The molecule has 136 valence electrons. The second-order valence-electron chi connectivity index (χ2n) is 9.74. The maximum Gasteiger partial charge on any atom is 0.107 e. The molecular weight excluding hydrogens is 300 g/mol. The van der Waals surface area contributed by atoms with Gasteiger partial charge in [0.25, 0.3) is 0 Å². The van der Waals surface area contributed by atoms with E-state index >= 15 is 0 Å². The van der Waals surface area contributed by atoms with Gasteiger partial charge in [0.1, 0.15) is 6.23 Å². The van der Waals surface area contributed by atoms with Crippen LogP contribution in [0.2, 0.25) is 0 Å². The maximum atomic E-state index is 10.3. The van der Waals surface area contributed by atoms with E-state index in [1.165, 1.54) is 25.7 Å². The summed E-state index contributed by atoms with van der Waals surface area (Å²) in [4.78, 5) is 2.26. The van der Waals surface area contributed by atoms with E-state index in [1.807, 2.05) is 0 Å². The number of hydrogen-bond donors (Lipinski definition) is 2. The van der Waals surface area contributed by atoms with Gasteiger partial charge in [-0.3, -0.25) is 4.90 Å². The van der Waals surface area contributed by atoms with Crippen LogP contribution >= 0.6 is 0 Å². The van der Waals surface area contributed by atoms with Crippen LogP contribution in [-0.4, -0.2) is 40.2 Å². The van der Waals surface area contributed by atoms with Crippen molar-refractivity contribution in [1.82, 2.24) is 4.90 Å². The number of fused-ring (bicyclic) bond motifs is 5. The Labute approximate surface area is 146 Å². The molecule has 1 aliphatic heterocycles. The number of likely N-dealkylation sites (tertiary alicyclic amines) is 1. The molecule has 0 aromatic carbocycles. The van der Waals surface area contributed by atoms with Crippen LogP contribution in [0.25, 0.3) is 0 Å². The Morgan fingerprint density at radius 1 is 1.08 bits per heavy atom. The molecule has 8 atom stereocenters. The summed E-state index contributed by atoms with van der Waals surface area (Å²) < 4.78 is 0. The lowest BCUT2D eigenvalue weighted by Gasteiger charge is -2.62. The van der Waals surface area contributed by atoms with Crippen LogP contribution in [0.5, 0.6) is 0 Å². The minimum atomic E-state index is -0.256. The Morgan fingerprint density at radius 2 is 1.83 bits per heavy atom. The molecule has 24 heavy (non-hydrogen) atoms. The van der Waals surface area contributed by atoms with Gasteiger partial charge in [0.15, 0.2) is 0 Å². The van der Waals surface area contributed by atoms with Gasteiger partial charge in [0.05, 0.1) is 5.71 Å². The predicted molar refractivity (Wildman–Crippen MR) is 94.9 cm³/mol. The summed E-state index contributed by atoms with van der Waals surface area (Å²) in [5, 5.41) is 23.7. The monoisotopic (exact) mass is 334 g/mol. The number of hydrogen-bond acceptors (Lipinski definition) is 4. The largest absolute Gasteiger partial charge is 0.411 e. The van der Waals surface area contributed by atoms with Crippen LogP contribution in [0.3, 0.4) is 0 Å². The van der Waals surface area contributed by atoms with E-state index in [2.05, 4.69) is 37.9 Å². The number of aliphatic hydroxyl groups excluding tert-OH is 1. The van der Waals surface area contributed by atoms with Gasteiger partial charge in [-0.15, -0.1) is 0 Å². The van der Waals surface area contributed by atoms with E-state index in [0.717, 1.165) is 36.8 Å². The van der Waals surface area contributed by atoms with Crippen molar-refractivity contribution in [2.75, 3.05) is 7.05 Å². The first-order valence-corrected chi connectivity index (χ1v) is 9.95. The standard InChI is InChI=1S/C20H34N2O2/c1-12-11-15-13-5-6-16-19(2,10-8-17(23)22(16)4)14(13)7-9-20(15,3)18(12)21-24/h12-17,23-24H,5-11H2,1-4H3/b21-18-/t12-,13?,14?,15?,16?,17?,19+,20-/m0/s1. The molecule has 4 nitrogen and oxygen atoms in total. The molecule has 0 amide bonds. The third-order valence-corrected chi connectivity index (χ3v) is 8.88. The molecule has 1 saturated heterocycles. The topological polar surface area (TPSA) is 56.1 Å². The molecule has 3 aliphatic carbocycles. The molecular formula is C20H34N2O2. The number of oxime groups is 1. The van der Waals surface area contributed by atoms with Crippen molar-refractivity contribution < 1.29 is 10.3 Å². The quantitative estimate of drug-likeness (QED) is 0.524. The van der Waals surface area contributed by atoms with E-state index in [4.69, 9.17) is 0 Å². The lowest BCUT2D eigenvalue weighted by Crippen LogP contribution is -2.62. The van der Waals surface area contributed by atoms with Crippen LogP contribution in [0.1, 0.15) is 65.7 Å². The Bertz CT molecular complexity index is 550. The molecule has 1 heterocycles.